The fourth-order valence-electron chi connectivity index (χ4n) is 2.62. The van der Waals surface area contributed by atoms with E-state index in [0.717, 1.165) is 18.4 Å². The minimum absolute atomic E-state index is 0.902. The second-order valence-corrected chi connectivity index (χ2v) is 4.83. The number of hydrogen-bond donors (Lipinski definition) is 1. The first kappa shape index (κ1) is 10.0. The Labute approximate surface area is 87.2 Å². The average Bonchev–Trinajstić information content (AvgIpc) is 2.63. The lowest BCUT2D eigenvalue weighted by molar-refractivity contribution is 0.413. The monoisotopic (exact) mass is 194 g/mol. The maximum atomic E-state index is 4.52. The van der Waals surface area contributed by atoms with Gasteiger partial charge in [0.2, 0.25) is 0 Å². The van der Waals surface area contributed by atoms with Crippen LogP contribution >= 0.6 is 0 Å². The molecule has 2 heteroatoms. The number of hydrogen-bond acceptors (Lipinski definition) is 2. The van der Waals surface area contributed by atoms with E-state index in [0.29, 0.717) is 0 Å². The highest BCUT2D eigenvalue weighted by molar-refractivity contribution is 5.82. The van der Waals surface area contributed by atoms with Gasteiger partial charge in [-0.3, -0.25) is 4.99 Å². The zero-order valence-electron chi connectivity index (χ0n) is 9.26. The zero-order valence-corrected chi connectivity index (χ0v) is 9.26. The smallest absolute Gasteiger partial charge is 0.0963 e. The maximum absolute atomic E-state index is 4.52. The lowest BCUT2D eigenvalue weighted by Gasteiger charge is -2.19. The first-order valence-electron chi connectivity index (χ1n) is 6.13. The summed E-state index contributed by atoms with van der Waals surface area (Å²) in [4.78, 5) is 4.52. The van der Waals surface area contributed by atoms with Gasteiger partial charge in [0.1, 0.15) is 0 Å². The number of nitrogens with zero attached hydrogens (tertiary/aromatic N) is 1. The van der Waals surface area contributed by atoms with Gasteiger partial charge in [-0.05, 0) is 31.1 Å². The Morgan fingerprint density at radius 1 is 1.29 bits per heavy atom. The van der Waals surface area contributed by atoms with Crippen LogP contribution in [0.1, 0.15) is 45.4 Å². The van der Waals surface area contributed by atoms with Crippen molar-refractivity contribution in [3.63, 3.8) is 0 Å². The predicted molar refractivity (Wildman–Crippen MR) is 60.7 cm³/mol. The van der Waals surface area contributed by atoms with E-state index in [2.05, 4.69) is 17.2 Å². The SMILES string of the molecule is CC1CCCC1CNC1=NCCCC1. The van der Waals surface area contributed by atoms with Crippen LogP contribution in [0.25, 0.3) is 0 Å². The molecule has 2 unspecified atom stereocenters. The summed E-state index contributed by atoms with van der Waals surface area (Å²) in [5.41, 5.74) is 0. The van der Waals surface area contributed by atoms with Crippen molar-refractivity contribution in [1.82, 2.24) is 5.32 Å². The number of amidine groups is 1. The first-order chi connectivity index (χ1) is 6.86. The Bertz CT molecular complexity index is 210. The molecule has 0 bridgehead atoms. The average molecular weight is 194 g/mol. The third-order valence-corrected chi connectivity index (χ3v) is 3.73. The standard InChI is InChI=1S/C12H22N2/c1-10-5-4-6-11(10)9-14-12-7-2-3-8-13-12/h10-11H,2-9H2,1H3,(H,13,14). The molecule has 0 saturated heterocycles. The molecule has 2 rings (SSSR count). The molecule has 80 valence electrons. The summed E-state index contributed by atoms with van der Waals surface area (Å²) in [6, 6.07) is 0. The Balaban J connectivity index is 1.73. The topological polar surface area (TPSA) is 24.4 Å². The molecule has 2 nitrogen and oxygen atoms in total. The third-order valence-electron chi connectivity index (χ3n) is 3.73. The summed E-state index contributed by atoms with van der Waals surface area (Å²) in [7, 11) is 0. The third kappa shape index (κ3) is 2.49. The van der Waals surface area contributed by atoms with Crippen LogP contribution in [-0.2, 0) is 0 Å². The molecule has 0 aromatic heterocycles. The Kier molecular flexibility index (Phi) is 3.44. The molecule has 0 spiro atoms. The molecule has 1 aliphatic carbocycles. The molecule has 0 amide bonds. The van der Waals surface area contributed by atoms with Gasteiger partial charge >= 0.3 is 0 Å². The van der Waals surface area contributed by atoms with Gasteiger partial charge in [-0.1, -0.05) is 19.8 Å². The summed E-state index contributed by atoms with van der Waals surface area (Å²) in [6.45, 7) is 4.60. The van der Waals surface area contributed by atoms with Crippen molar-refractivity contribution in [3.8, 4) is 0 Å². The van der Waals surface area contributed by atoms with Crippen LogP contribution in [0, 0.1) is 11.8 Å². The molecule has 1 N–H and O–H groups in total. The van der Waals surface area contributed by atoms with Gasteiger partial charge in [0.25, 0.3) is 0 Å². The van der Waals surface area contributed by atoms with E-state index in [9.17, 15) is 0 Å². The van der Waals surface area contributed by atoms with E-state index in [4.69, 9.17) is 0 Å². The number of nitrogens with one attached hydrogen (secondary N) is 1. The van der Waals surface area contributed by atoms with Gasteiger partial charge in [-0.25, -0.2) is 0 Å². The molecule has 2 atom stereocenters. The molecular weight excluding hydrogens is 172 g/mol. The van der Waals surface area contributed by atoms with E-state index in [1.807, 2.05) is 0 Å². The minimum Gasteiger partial charge on any atom is -0.374 e. The Morgan fingerprint density at radius 3 is 2.86 bits per heavy atom. The fraction of sp³-hybridized carbons (Fsp3) is 0.917. The van der Waals surface area contributed by atoms with Crippen LogP contribution in [0.15, 0.2) is 4.99 Å². The van der Waals surface area contributed by atoms with Crippen LogP contribution in [0.5, 0.6) is 0 Å². The van der Waals surface area contributed by atoms with Crippen LogP contribution in [0.4, 0.5) is 0 Å². The van der Waals surface area contributed by atoms with Crippen molar-refractivity contribution in [3.05, 3.63) is 0 Å². The molecule has 1 saturated carbocycles. The second kappa shape index (κ2) is 4.81. The molecule has 1 fully saturated rings. The van der Waals surface area contributed by atoms with Gasteiger partial charge < -0.3 is 5.32 Å². The van der Waals surface area contributed by atoms with Crippen molar-refractivity contribution in [2.24, 2.45) is 16.8 Å². The Hall–Kier alpha value is -0.530. The molecular formula is C12H22N2. The van der Waals surface area contributed by atoms with Gasteiger partial charge in [0.05, 0.1) is 5.84 Å². The molecule has 1 heterocycles. The zero-order chi connectivity index (χ0) is 9.80. The minimum atomic E-state index is 0.902. The molecule has 0 aromatic carbocycles. The van der Waals surface area contributed by atoms with Crippen LogP contribution in [0.2, 0.25) is 0 Å². The van der Waals surface area contributed by atoms with Gasteiger partial charge in [-0.15, -0.1) is 0 Å². The van der Waals surface area contributed by atoms with E-state index in [1.54, 1.807) is 0 Å². The molecule has 1 aliphatic heterocycles. The van der Waals surface area contributed by atoms with Gasteiger partial charge in [0, 0.05) is 19.5 Å². The lowest BCUT2D eigenvalue weighted by atomic mass is 9.98. The lowest BCUT2D eigenvalue weighted by Crippen LogP contribution is -2.31. The number of aliphatic imine (C=N–C) groups is 1. The first-order valence-corrected chi connectivity index (χ1v) is 6.13. The van der Waals surface area contributed by atoms with E-state index < -0.39 is 0 Å². The van der Waals surface area contributed by atoms with Crippen LogP contribution < -0.4 is 5.32 Å². The summed E-state index contributed by atoms with van der Waals surface area (Å²) in [5.74, 6) is 3.10. The molecule has 14 heavy (non-hydrogen) atoms. The second-order valence-electron chi connectivity index (χ2n) is 4.83. The summed E-state index contributed by atoms with van der Waals surface area (Å²) >= 11 is 0. The van der Waals surface area contributed by atoms with Crippen molar-refractivity contribution in [2.75, 3.05) is 13.1 Å². The quantitative estimate of drug-likeness (QED) is 0.718. The summed E-state index contributed by atoms with van der Waals surface area (Å²) in [5, 5.41) is 3.54. The van der Waals surface area contributed by atoms with Crippen molar-refractivity contribution in [2.45, 2.75) is 45.4 Å². The summed E-state index contributed by atoms with van der Waals surface area (Å²) < 4.78 is 0. The molecule has 0 aromatic rings. The highest BCUT2D eigenvalue weighted by Crippen LogP contribution is 2.30. The highest BCUT2D eigenvalue weighted by atomic mass is 15.0. The predicted octanol–water partition coefficient (Wildman–Crippen LogP) is 2.59. The summed E-state index contributed by atoms with van der Waals surface area (Å²) in [6.07, 6.45) is 8.07. The van der Waals surface area contributed by atoms with Crippen LogP contribution in [-0.4, -0.2) is 18.9 Å². The van der Waals surface area contributed by atoms with Crippen molar-refractivity contribution >= 4 is 5.84 Å². The largest absolute Gasteiger partial charge is 0.374 e. The van der Waals surface area contributed by atoms with E-state index in [1.165, 1.54) is 50.9 Å². The normalized spacial score (nSPS) is 32.8. The fourth-order valence-corrected chi connectivity index (χ4v) is 2.62. The van der Waals surface area contributed by atoms with Crippen molar-refractivity contribution in [1.29, 1.82) is 0 Å². The number of rotatable bonds is 2. The van der Waals surface area contributed by atoms with Crippen LogP contribution in [0.3, 0.4) is 0 Å². The maximum Gasteiger partial charge on any atom is 0.0963 e. The van der Waals surface area contributed by atoms with Gasteiger partial charge in [0.15, 0.2) is 0 Å². The molecule has 2 aliphatic rings. The van der Waals surface area contributed by atoms with Gasteiger partial charge in [-0.2, -0.15) is 0 Å². The highest BCUT2D eigenvalue weighted by Gasteiger charge is 2.23. The van der Waals surface area contributed by atoms with E-state index in [-0.39, 0.29) is 0 Å². The Morgan fingerprint density at radius 2 is 2.21 bits per heavy atom. The van der Waals surface area contributed by atoms with Crippen molar-refractivity contribution < 1.29 is 0 Å². The van der Waals surface area contributed by atoms with E-state index >= 15 is 0 Å². The molecule has 0 radical (unpaired) electrons.